The Morgan fingerprint density at radius 1 is 0.923 bits per heavy atom. The summed E-state index contributed by atoms with van der Waals surface area (Å²) in [6.45, 7) is 3.73. The first-order valence-corrected chi connectivity index (χ1v) is 5.15. The first kappa shape index (κ1) is 9.40. The van der Waals surface area contributed by atoms with Gasteiger partial charge in [-0.1, -0.05) is 0 Å². The first-order chi connectivity index (χ1) is 6.45. The van der Waals surface area contributed by atoms with Gasteiger partial charge >= 0.3 is 0 Å². The fraction of sp³-hybridized carbons (Fsp3) is 1.00. The van der Waals surface area contributed by atoms with Crippen LogP contribution in [0.15, 0.2) is 0 Å². The molecule has 2 atom stereocenters. The lowest BCUT2D eigenvalue weighted by atomic mass is 10.2. The van der Waals surface area contributed by atoms with Gasteiger partial charge in [0.2, 0.25) is 0 Å². The SMILES string of the molecule is C(CC1NCCO1)CC1NCCO1. The average Bonchev–Trinajstić information content (AvgIpc) is 2.75. The maximum Gasteiger partial charge on any atom is 0.108 e. The summed E-state index contributed by atoms with van der Waals surface area (Å²) in [4.78, 5) is 0. The third kappa shape index (κ3) is 2.91. The quantitative estimate of drug-likeness (QED) is 0.651. The van der Waals surface area contributed by atoms with Crippen LogP contribution in [-0.2, 0) is 9.47 Å². The van der Waals surface area contributed by atoms with E-state index in [1.54, 1.807) is 0 Å². The van der Waals surface area contributed by atoms with Crippen LogP contribution in [0.3, 0.4) is 0 Å². The molecule has 0 bridgehead atoms. The highest BCUT2D eigenvalue weighted by Crippen LogP contribution is 2.10. The molecule has 76 valence electrons. The molecule has 0 aromatic carbocycles. The van der Waals surface area contributed by atoms with Crippen LogP contribution in [0.25, 0.3) is 0 Å². The summed E-state index contributed by atoms with van der Waals surface area (Å²) in [5.41, 5.74) is 0. The smallest absolute Gasteiger partial charge is 0.108 e. The van der Waals surface area contributed by atoms with Crippen molar-refractivity contribution >= 4 is 0 Å². The molecule has 0 aromatic rings. The van der Waals surface area contributed by atoms with Gasteiger partial charge in [0.05, 0.1) is 13.2 Å². The number of nitrogens with one attached hydrogen (secondary N) is 2. The van der Waals surface area contributed by atoms with E-state index in [1.165, 1.54) is 0 Å². The van der Waals surface area contributed by atoms with Gasteiger partial charge in [0, 0.05) is 13.1 Å². The zero-order valence-electron chi connectivity index (χ0n) is 7.92. The Morgan fingerprint density at radius 3 is 1.85 bits per heavy atom. The monoisotopic (exact) mass is 186 g/mol. The third-order valence-electron chi connectivity index (χ3n) is 2.52. The fourth-order valence-corrected chi connectivity index (χ4v) is 1.82. The predicted octanol–water partition coefficient (Wildman–Crippen LogP) is 0.0485. The lowest BCUT2D eigenvalue weighted by Gasteiger charge is -2.12. The molecule has 0 radical (unpaired) electrons. The van der Waals surface area contributed by atoms with Crippen molar-refractivity contribution in [2.75, 3.05) is 26.3 Å². The number of hydrogen-bond acceptors (Lipinski definition) is 4. The van der Waals surface area contributed by atoms with E-state index in [2.05, 4.69) is 10.6 Å². The van der Waals surface area contributed by atoms with E-state index in [-0.39, 0.29) is 0 Å². The van der Waals surface area contributed by atoms with Crippen LogP contribution in [0.4, 0.5) is 0 Å². The molecule has 13 heavy (non-hydrogen) atoms. The van der Waals surface area contributed by atoms with Gasteiger partial charge in [-0.2, -0.15) is 0 Å². The largest absolute Gasteiger partial charge is 0.362 e. The Balaban J connectivity index is 1.52. The van der Waals surface area contributed by atoms with Crippen molar-refractivity contribution in [3.8, 4) is 0 Å². The minimum Gasteiger partial charge on any atom is -0.362 e. The lowest BCUT2D eigenvalue weighted by Crippen LogP contribution is -2.25. The maximum atomic E-state index is 5.45. The summed E-state index contributed by atoms with van der Waals surface area (Å²) < 4.78 is 10.9. The second kappa shape index (κ2) is 4.91. The van der Waals surface area contributed by atoms with Gasteiger partial charge in [0.15, 0.2) is 0 Å². The Bertz CT molecular complexity index is 127. The molecular weight excluding hydrogens is 168 g/mol. The van der Waals surface area contributed by atoms with Crippen LogP contribution < -0.4 is 10.6 Å². The predicted molar refractivity (Wildman–Crippen MR) is 49.3 cm³/mol. The summed E-state index contributed by atoms with van der Waals surface area (Å²) in [5, 5.41) is 6.60. The molecule has 2 unspecified atom stereocenters. The zero-order chi connectivity index (χ0) is 8.93. The Hall–Kier alpha value is -0.160. The van der Waals surface area contributed by atoms with Crippen LogP contribution >= 0.6 is 0 Å². The maximum absolute atomic E-state index is 5.45. The van der Waals surface area contributed by atoms with Gasteiger partial charge in [0.1, 0.15) is 12.5 Å². The molecule has 2 fully saturated rings. The highest BCUT2D eigenvalue weighted by Gasteiger charge is 2.17. The van der Waals surface area contributed by atoms with E-state index in [1.807, 2.05) is 0 Å². The van der Waals surface area contributed by atoms with Gasteiger partial charge in [-0.15, -0.1) is 0 Å². The van der Waals surface area contributed by atoms with Crippen molar-refractivity contribution in [3.05, 3.63) is 0 Å². The van der Waals surface area contributed by atoms with E-state index in [0.29, 0.717) is 12.5 Å². The molecule has 0 aromatic heterocycles. The van der Waals surface area contributed by atoms with Gasteiger partial charge in [-0.05, 0) is 19.3 Å². The minimum atomic E-state index is 0.293. The Labute approximate surface area is 79.0 Å². The van der Waals surface area contributed by atoms with Crippen LogP contribution in [-0.4, -0.2) is 38.8 Å². The standard InChI is InChI=1S/C9H18N2O2/c1(2-8-10-4-6-12-8)3-9-11-5-7-13-9/h8-11H,1-7H2. The van der Waals surface area contributed by atoms with E-state index < -0.39 is 0 Å². The van der Waals surface area contributed by atoms with E-state index in [9.17, 15) is 0 Å². The van der Waals surface area contributed by atoms with Crippen molar-refractivity contribution in [1.29, 1.82) is 0 Å². The summed E-state index contributed by atoms with van der Waals surface area (Å²) in [7, 11) is 0. The van der Waals surface area contributed by atoms with Gasteiger partial charge in [-0.25, -0.2) is 0 Å². The van der Waals surface area contributed by atoms with Crippen LogP contribution in [0.2, 0.25) is 0 Å². The lowest BCUT2D eigenvalue weighted by molar-refractivity contribution is 0.0712. The van der Waals surface area contributed by atoms with Crippen molar-refractivity contribution in [3.63, 3.8) is 0 Å². The molecule has 2 aliphatic heterocycles. The average molecular weight is 186 g/mol. The molecular formula is C9H18N2O2. The van der Waals surface area contributed by atoms with Crippen LogP contribution in [0.5, 0.6) is 0 Å². The number of hydrogen-bond donors (Lipinski definition) is 2. The second-order valence-corrected chi connectivity index (χ2v) is 3.56. The van der Waals surface area contributed by atoms with Crippen molar-refractivity contribution in [2.45, 2.75) is 31.7 Å². The normalized spacial score (nSPS) is 34.2. The van der Waals surface area contributed by atoms with Crippen molar-refractivity contribution in [1.82, 2.24) is 10.6 Å². The molecule has 2 N–H and O–H groups in total. The molecule has 2 heterocycles. The van der Waals surface area contributed by atoms with Gasteiger partial charge in [-0.3, -0.25) is 10.6 Å². The molecule has 0 aliphatic carbocycles. The Kier molecular flexibility index (Phi) is 3.55. The van der Waals surface area contributed by atoms with Crippen molar-refractivity contribution in [2.24, 2.45) is 0 Å². The minimum absolute atomic E-state index is 0.293. The molecule has 0 spiro atoms. The second-order valence-electron chi connectivity index (χ2n) is 3.56. The van der Waals surface area contributed by atoms with E-state index >= 15 is 0 Å². The molecule has 4 heteroatoms. The zero-order valence-corrected chi connectivity index (χ0v) is 7.92. The fourth-order valence-electron chi connectivity index (χ4n) is 1.82. The molecule has 2 aliphatic rings. The topological polar surface area (TPSA) is 42.5 Å². The van der Waals surface area contributed by atoms with Gasteiger partial charge in [0.25, 0.3) is 0 Å². The summed E-state index contributed by atoms with van der Waals surface area (Å²) in [6.07, 6.45) is 3.95. The summed E-state index contributed by atoms with van der Waals surface area (Å²) in [5.74, 6) is 0. The summed E-state index contributed by atoms with van der Waals surface area (Å²) >= 11 is 0. The highest BCUT2D eigenvalue weighted by atomic mass is 16.5. The van der Waals surface area contributed by atoms with E-state index in [4.69, 9.17) is 9.47 Å². The molecule has 0 amide bonds. The molecule has 2 rings (SSSR count). The third-order valence-corrected chi connectivity index (χ3v) is 2.52. The molecule has 2 saturated heterocycles. The number of rotatable bonds is 4. The van der Waals surface area contributed by atoms with E-state index in [0.717, 1.165) is 45.6 Å². The molecule has 4 nitrogen and oxygen atoms in total. The number of ether oxygens (including phenoxy) is 2. The van der Waals surface area contributed by atoms with Crippen molar-refractivity contribution < 1.29 is 9.47 Å². The molecule has 0 saturated carbocycles. The van der Waals surface area contributed by atoms with Crippen LogP contribution in [0.1, 0.15) is 19.3 Å². The van der Waals surface area contributed by atoms with Gasteiger partial charge < -0.3 is 9.47 Å². The highest BCUT2D eigenvalue weighted by molar-refractivity contribution is 4.66. The van der Waals surface area contributed by atoms with Crippen LogP contribution in [0, 0.1) is 0 Å². The first-order valence-electron chi connectivity index (χ1n) is 5.15. The Morgan fingerprint density at radius 2 is 1.46 bits per heavy atom. The summed E-state index contributed by atoms with van der Waals surface area (Å²) in [6, 6.07) is 0.